The number of phenols is 1. The number of benzene rings is 1. The summed E-state index contributed by atoms with van der Waals surface area (Å²) in [6.45, 7) is 4.27. The summed E-state index contributed by atoms with van der Waals surface area (Å²) in [6.07, 6.45) is 2.73. The fourth-order valence-electron chi connectivity index (χ4n) is 2.90. The summed E-state index contributed by atoms with van der Waals surface area (Å²) >= 11 is 0. The number of aryl methyl sites for hydroxylation is 1. The van der Waals surface area contributed by atoms with Crippen molar-refractivity contribution < 1.29 is 14.6 Å². The number of phenolic OH excluding ortho intramolecular Hbond substituents is 1. The van der Waals surface area contributed by atoms with Crippen LogP contribution in [0.1, 0.15) is 43.7 Å². The van der Waals surface area contributed by atoms with E-state index in [0.29, 0.717) is 6.61 Å². The molecule has 3 nitrogen and oxygen atoms in total. The van der Waals surface area contributed by atoms with Gasteiger partial charge in [-0.15, -0.1) is 0 Å². The zero-order valence-corrected chi connectivity index (χ0v) is 11.0. The molecule has 0 saturated heterocycles. The largest absolute Gasteiger partial charge is 0.508 e. The lowest BCUT2D eigenvalue weighted by atomic mass is 9.85. The number of hydrogen-bond acceptors (Lipinski definition) is 3. The molecule has 0 saturated carbocycles. The molecule has 1 N–H and O–H groups in total. The molecule has 1 aromatic rings. The van der Waals surface area contributed by atoms with E-state index in [4.69, 9.17) is 4.74 Å². The maximum absolute atomic E-state index is 12.0. The lowest BCUT2D eigenvalue weighted by Gasteiger charge is -2.21. The molecular weight excluding hydrogens is 228 g/mol. The lowest BCUT2D eigenvalue weighted by Crippen LogP contribution is -2.23. The number of rotatable bonds is 4. The van der Waals surface area contributed by atoms with Gasteiger partial charge >= 0.3 is 5.97 Å². The molecule has 98 valence electrons. The van der Waals surface area contributed by atoms with Crippen LogP contribution in [0.25, 0.3) is 0 Å². The molecule has 0 fully saturated rings. The Labute approximate surface area is 108 Å². The van der Waals surface area contributed by atoms with Gasteiger partial charge in [0.1, 0.15) is 5.75 Å². The molecule has 0 heterocycles. The lowest BCUT2D eigenvalue weighted by molar-refractivity contribution is -0.149. The van der Waals surface area contributed by atoms with E-state index in [2.05, 4.69) is 0 Å². The predicted molar refractivity (Wildman–Crippen MR) is 69.6 cm³/mol. The molecular formula is C15H20O3. The summed E-state index contributed by atoms with van der Waals surface area (Å²) in [5.41, 5.74) is 2.37. The standard InChI is InChI=1S/C15H20O3/c1-3-12(15(17)18-4-2)13-8-6-10-5-7-11(16)9-14(10)13/h5,7,9,12-13,16H,3-4,6,8H2,1-2H3/t12-,13?/m0/s1. The average molecular weight is 248 g/mol. The Morgan fingerprint density at radius 1 is 1.50 bits per heavy atom. The number of esters is 1. The molecule has 1 unspecified atom stereocenters. The van der Waals surface area contributed by atoms with E-state index in [-0.39, 0.29) is 23.6 Å². The molecule has 18 heavy (non-hydrogen) atoms. The minimum atomic E-state index is -0.110. The van der Waals surface area contributed by atoms with Gasteiger partial charge in [0.15, 0.2) is 0 Å². The van der Waals surface area contributed by atoms with Crippen LogP contribution in [0.5, 0.6) is 5.75 Å². The van der Waals surface area contributed by atoms with Crippen LogP contribution in [0.2, 0.25) is 0 Å². The SMILES string of the molecule is CCOC(=O)[C@@H](CC)C1CCc2ccc(O)cc21. The molecule has 0 amide bonds. The van der Waals surface area contributed by atoms with E-state index in [1.165, 1.54) is 5.56 Å². The third kappa shape index (κ3) is 2.35. The zero-order chi connectivity index (χ0) is 13.1. The Kier molecular flexibility index (Phi) is 3.90. The van der Waals surface area contributed by atoms with Crippen molar-refractivity contribution in [3.05, 3.63) is 29.3 Å². The van der Waals surface area contributed by atoms with Crippen LogP contribution in [0, 0.1) is 5.92 Å². The number of ether oxygens (including phenoxy) is 1. The number of hydrogen-bond donors (Lipinski definition) is 1. The van der Waals surface area contributed by atoms with Crippen molar-refractivity contribution in [3.8, 4) is 5.75 Å². The van der Waals surface area contributed by atoms with Crippen LogP contribution in [-0.4, -0.2) is 17.7 Å². The fraction of sp³-hybridized carbons (Fsp3) is 0.533. The van der Waals surface area contributed by atoms with E-state index in [1.807, 2.05) is 19.9 Å². The van der Waals surface area contributed by atoms with Crippen LogP contribution in [0.15, 0.2) is 18.2 Å². The molecule has 2 atom stereocenters. The zero-order valence-electron chi connectivity index (χ0n) is 11.0. The van der Waals surface area contributed by atoms with Gasteiger partial charge in [-0.2, -0.15) is 0 Å². The Morgan fingerprint density at radius 2 is 2.28 bits per heavy atom. The van der Waals surface area contributed by atoms with Gasteiger partial charge < -0.3 is 9.84 Å². The van der Waals surface area contributed by atoms with Crippen LogP contribution in [0.4, 0.5) is 0 Å². The number of carbonyl (C=O) groups is 1. The quantitative estimate of drug-likeness (QED) is 0.833. The van der Waals surface area contributed by atoms with Crippen molar-refractivity contribution in [1.82, 2.24) is 0 Å². The van der Waals surface area contributed by atoms with Crippen molar-refractivity contribution in [2.45, 2.75) is 39.0 Å². The Bertz CT molecular complexity index is 439. The molecule has 0 bridgehead atoms. The van der Waals surface area contributed by atoms with E-state index < -0.39 is 0 Å². The minimum Gasteiger partial charge on any atom is -0.508 e. The van der Waals surface area contributed by atoms with Crippen LogP contribution < -0.4 is 0 Å². The summed E-state index contributed by atoms with van der Waals surface area (Å²) in [5, 5.41) is 9.59. The third-order valence-electron chi connectivity index (χ3n) is 3.77. The first-order valence-electron chi connectivity index (χ1n) is 6.65. The normalized spacial score (nSPS) is 19.3. The van der Waals surface area contributed by atoms with Crippen LogP contribution >= 0.6 is 0 Å². The van der Waals surface area contributed by atoms with Gasteiger partial charge in [-0.1, -0.05) is 13.0 Å². The Hall–Kier alpha value is -1.51. The molecule has 0 spiro atoms. The van der Waals surface area contributed by atoms with Crippen molar-refractivity contribution >= 4 is 5.97 Å². The Morgan fingerprint density at radius 3 is 2.94 bits per heavy atom. The highest BCUT2D eigenvalue weighted by Gasteiger charge is 2.34. The molecule has 1 aliphatic rings. The van der Waals surface area contributed by atoms with Gasteiger partial charge in [-0.3, -0.25) is 4.79 Å². The predicted octanol–water partition coefficient (Wildman–Crippen LogP) is 3.01. The van der Waals surface area contributed by atoms with E-state index >= 15 is 0 Å². The summed E-state index contributed by atoms with van der Waals surface area (Å²) < 4.78 is 5.15. The van der Waals surface area contributed by atoms with Crippen molar-refractivity contribution in [2.75, 3.05) is 6.61 Å². The highest BCUT2D eigenvalue weighted by molar-refractivity contribution is 5.74. The maximum atomic E-state index is 12.0. The van der Waals surface area contributed by atoms with Gasteiger partial charge in [0.25, 0.3) is 0 Å². The average Bonchev–Trinajstić information content (AvgIpc) is 2.74. The first kappa shape index (κ1) is 12.9. The second kappa shape index (κ2) is 5.42. The van der Waals surface area contributed by atoms with E-state index in [0.717, 1.165) is 24.8 Å². The van der Waals surface area contributed by atoms with E-state index in [9.17, 15) is 9.90 Å². The van der Waals surface area contributed by atoms with Crippen LogP contribution in [-0.2, 0) is 16.0 Å². The summed E-state index contributed by atoms with van der Waals surface area (Å²) in [7, 11) is 0. The van der Waals surface area contributed by atoms with Gasteiger partial charge in [0.05, 0.1) is 12.5 Å². The molecule has 2 rings (SSSR count). The molecule has 0 aliphatic heterocycles. The second-order valence-electron chi connectivity index (χ2n) is 4.80. The minimum absolute atomic E-state index is 0.0898. The summed E-state index contributed by atoms with van der Waals surface area (Å²) in [5.74, 6) is 0.268. The highest BCUT2D eigenvalue weighted by Crippen LogP contribution is 2.41. The molecule has 0 radical (unpaired) electrons. The topological polar surface area (TPSA) is 46.5 Å². The van der Waals surface area contributed by atoms with Gasteiger partial charge in [-0.25, -0.2) is 0 Å². The first-order valence-corrected chi connectivity index (χ1v) is 6.65. The van der Waals surface area contributed by atoms with E-state index in [1.54, 1.807) is 12.1 Å². The van der Waals surface area contributed by atoms with Gasteiger partial charge in [0, 0.05) is 0 Å². The highest BCUT2D eigenvalue weighted by atomic mass is 16.5. The fourth-order valence-corrected chi connectivity index (χ4v) is 2.90. The smallest absolute Gasteiger partial charge is 0.309 e. The number of carbonyl (C=O) groups excluding carboxylic acids is 1. The van der Waals surface area contributed by atoms with Crippen LogP contribution in [0.3, 0.4) is 0 Å². The van der Waals surface area contributed by atoms with Crippen molar-refractivity contribution in [3.63, 3.8) is 0 Å². The monoisotopic (exact) mass is 248 g/mol. The number of aromatic hydroxyl groups is 1. The molecule has 1 aliphatic carbocycles. The van der Waals surface area contributed by atoms with Gasteiger partial charge in [-0.05, 0) is 55.4 Å². The molecule has 1 aromatic carbocycles. The second-order valence-corrected chi connectivity index (χ2v) is 4.80. The van der Waals surface area contributed by atoms with Gasteiger partial charge in [0.2, 0.25) is 0 Å². The first-order chi connectivity index (χ1) is 8.67. The number of fused-ring (bicyclic) bond motifs is 1. The maximum Gasteiger partial charge on any atom is 0.309 e. The van der Waals surface area contributed by atoms with Crippen molar-refractivity contribution in [2.24, 2.45) is 5.92 Å². The Balaban J connectivity index is 2.25. The molecule has 3 heteroatoms. The third-order valence-corrected chi connectivity index (χ3v) is 3.77. The summed E-state index contributed by atoms with van der Waals surface area (Å²) in [6, 6.07) is 5.48. The summed E-state index contributed by atoms with van der Waals surface area (Å²) in [4.78, 5) is 12.0. The molecule has 0 aromatic heterocycles. The van der Waals surface area contributed by atoms with Crippen molar-refractivity contribution in [1.29, 1.82) is 0 Å².